The highest BCUT2D eigenvalue weighted by molar-refractivity contribution is 9.10. The summed E-state index contributed by atoms with van der Waals surface area (Å²) < 4.78 is 21.5. The second kappa shape index (κ2) is 7.35. The van der Waals surface area contributed by atoms with Gasteiger partial charge in [-0.2, -0.15) is 0 Å². The predicted octanol–water partition coefficient (Wildman–Crippen LogP) is 3.06. The van der Waals surface area contributed by atoms with Crippen LogP contribution in [0.5, 0.6) is 11.5 Å². The van der Waals surface area contributed by atoms with E-state index >= 15 is 0 Å². The molecule has 0 N–H and O–H groups in total. The molecule has 0 amide bonds. The predicted molar refractivity (Wildman–Crippen MR) is 73.4 cm³/mol. The van der Waals surface area contributed by atoms with Crippen LogP contribution < -0.4 is 9.47 Å². The van der Waals surface area contributed by atoms with Gasteiger partial charge in [0.2, 0.25) is 0 Å². The molecule has 1 aromatic rings. The molecule has 1 rings (SSSR count). The van der Waals surface area contributed by atoms with E-state index in [1.807, 2.05) is 0 Å². The Balaban J connectivity index is 3.11. The lowest BCUT2D eigenvalue weighted by Crippen LogP contribution is -2.09. The van der Waals surface area contributed by atoms with Crippen LogP contribution in [0.4, 0.5) is 0 Å². The van der Waals surface area contributed by atoms with Crippen LogP contribution in [0, 0.1) is 0 Å². The normalized spacial score (nSPS) is 11.8. The lowest BCUT2D eigenvalue weighted by molar-refractivity contribution is -0.145. The molecule has 0 heterocycles. The zero-order chi connectivity index (χ0) is 14.4. The number of ether oxygens (including phenoxy) is 4. The third-order valence-electron chi connectivity index (χ3n) is 2.40. The second-order valence-corrected chi connectivity index (χ2v) is 4.68. The molecule has 0 spiro atoms. The smallest absolute Gasteiger partial charge is 0.303 e. The summed E-state index contributed by atoms with van der Waals surface area (Å²) in [6.45, 7) is 3.24. The monoisotopic (exact) mass is 332 g/mol. The Morgan fingerprint density at radius 1 is 1.32 bits per heavy atom. The fourth-order valence-corrected chi connectivity index (χ4v) is 2.11. The lowest BCUT2D eigenvalue weighted by Gasteiger charge is -2.18. The van der Waals surface area contributed by atoms with Gasteiger partial charge < -0.3 is 18.9 Å². The summed E-state index contributed by atoms with van der Waals surface area (Å²) in [6, 6.07) is 3.52. The zero-order valence-corrected chi connectivity index (χ0v) is 12.9. The van der Waals surface area contributed by atoms with E-state index in [1.54, 1.807) is 26.2 Å². The number of carbonyl (C=O) groups is 1. The highest BCUT2D eigenvalue weighted by Gasteiger charge is 2.18. The van der Waals surface area contributed by atoms with E-state index in [9.17, 15) is 4.79 Å². The van der Waals surface area contributed by atoms with Crippen LogP contribution in [0.2, 0.25) is 0 Å². The number of carbonyl (C=O) groups excluding carboxylic acids is 1. The van der Waals surface area contributed by atoms with Crippen LogP contribution in [-0.4, -0.2) is 27.0 Å². The minimum Gasteiger partial charge on any atom is -0.495 e. The molecular formula is C13H17BrO5. The molecule has 0 radical (unpaired) electrons. The van der Waals surface area contributed by atoms with E-state index in [0.29, 0.717) is 11.5 Å². The molecule has 0 bridgehead atoms. The van der Waals surface area contributed by atoms with Crippen molar-refractivity contribution < 1.29 is 23.7 Å². The zero-order valence-electron chi connectivity index (χ0n) is 11.4. The molecule has 0 aliphatic rings. The van der Waals surface area contributed by atoms with Crippen molar-refractivity contribution >= 4 is 21.9 Å². The largest absolute Gasteiger partial charge is 0.495 e. The molecule has 106 valence electrons. The first-order chi connectivity index (χ1) is 8.99. The molecule has 19 heavy (non-hydrogen) atoms. The Labute approximate surface area is 120 Å². The molecule has 1 aromatic carbocycles. The number of methoxy groups -OCH3 is 2. The van der Waals surface area contributed by atoms with Gasteiger partial charge in [-0.1, -0.05) is 0 Å². The summed E-state index contributed by atoms with van der Waals surface area (Å²) in [6.07, 6.45) is -0.424. The van der Waals surface area contributed by atoms with Crippen LogP contribution in [0.3, 0.4) is 0 Å². The molecule has 0 aromatic heterocycles. The van der Waals surface area contributed by atoms with Crippen LogP contribution >= 0.6 is 15.9 Å². The maximum atomic E-state index is 11.0. The van der Waals surface area contributed by atoms with Crippen molar-refractivity contribution in [2.75, 3.05) is 21.0 Å². The molecule has 6 heteroatoms. The van der Waals surface area contributed by atoms with Crippen molar-refractivity contribution in [2.24, 2.45) is 0 Å². The third kappa shape index (κ3) is 4.40. The Morgan fingerprint density at radius 2 is 2.00 bits per heavy atom. The number of halogens is 1. The van der Waals surface area contributed by atoms with Crippen molar-refractivity contribution in [3.63, 3.8) is 0 Å². The number of hydrogen-bond donors (Lipinski definition) is 0. The lowest BCUT2D eigenvalue weighted by atomic mass is 10.1. The first-order valence-electron chi connectivity index (χ1n) is 5.66. The highest BCUT2D eigenvalue weighted by Crippen LogP contribution is 2.37. The van der Waals surface area contributed by atoms with Crippen molar-refractivity contribution in [1.82, 2.24) is 0 Å². The summed E-state index contributed by atoms with van der Waals surface area (Å²) >= 11 is 3.39. The highest BCUT2D eigenvalue weighted by atomic mass is 79.9. The first kappa shape index (κ1) is 15.8. The van der Waals surface area contributed by atoms with Crippen molar-refractivity contribution in [2.45, 2.75) is 20.0 Å². The minimum atomic E-state index is -0.424. The maximum Gasteiger partial charge on any atom is 0.303 e. The van der Waals surface area contributed by atoms with Gasteiger partial charge in [-0.15, -0.1) is 0 Å². The molecule has 5 nitrogen and oxygen atoms in total. The summed E-state index contributed by atoms with van der Waals surface area (Å²) in [5, 5.41) is 0. The van der Waals surface area contributed by atoms with Gasteiger partial charge in [-0.25, -0.2) is 0 Å². The molecule has 1 atom stereocenters. The summed E-state index contributed by atoms with van der Waals surface area (Å²) in [5.74, 6) is 0.831. The minimum absolute atomic E-state index is 0.102. The van der Waals surface area contributed by atoms with Crippen molar-refractivity contribution in [3.05, 3.63) is 22.2 Å². The quantitative estimate of drug-likeness (QED) is 0.592. The van der Waals surface area contributed by atoms with E-state index < -0.39 is 6.10 Å². The van der Waals surface area contributed by atoms with Gasteiger partial charge in [-0.3, -0.25) is 4.79 Å². The van der Waals surface area contributed by atoms with Gasteiger partial charge in [0.1, 0.15) is 17.6 Å². The van der Waals surface area contributed by atoms with Crippen LogP contribution in [-0.2, 0) is 14.3 Å². The molecule has 0 fully saturated rings. The topological polar surface area (TPSA) is 54.0 Å². The molecule has 0 saturated heterocycles. The van der Waals surface area contributed by atoms with Crippen LogP contribution in [0.25, 0.3) is 0 Å². The standard InChI is InChI=1S/C13H17BrO5/c1-8(19-9(2)15)10-5-11(14)13(17-4)6-12(10)18-7-16-3/h5-6,8H,7H2,1-4H3. The van der Waals surface area contributed by atoms with Gasteiger partial charge in [0.25, 0.3) is 0 Å². The van der Waals surface area contributed by atoms with E-state index in [-0.39, 0.29) is 12.8 Å². The maximum absolute atomic E-state index is 11.0. The van der Waals surface area contributed by atoms with E-state index in [0.717, 1.165) is 10.0 Å². The number of rotatable bonds is 6. The Morgan fingerprint density at radius 3 is 2.53 bits per heavy atom. The average molecular weight is 333 g/mol. The molecule has 0 saturated carbocycles. The molecule has 1 unspecified atom stereocenters. The fourth-order valence-electron chi connectivity index (χ4n) is 1.58. The van der Waals surface area contributed by atoms with E-state index in [2.05, 4.69) is 15.9 Å². The number of hydrogen-bond acceptors (Lipinski definition) is 5. The van der Waals surface area contributed by atoms with Crippen LogP contribution in [0.15, 0.2) is 16.6 Å². The van der Waals surface area contributed by atoms with E-state index in [1.165, 1.54) is 14.0 Å². The van der Waals surface area contributed by atoms with Crippen LogP contribution in [0.1, 0.15) is 25.5 Å². The average Bonchev–Trinajstić information content (AvgIpc) is 2.36. The number of benzene rings is 1. The Kier molecular flexibility index (Phi) is 6.11. The summed E-state index contributed by atoms with van der Waals surface area (Å²) in [7, 11) is 3.10. The SMILES string of the molecule is COCOc1cc(OC)c(Br)cc1C(C)OC(C)=O. The van der Waals surface area contributed by atoms with Gasteiger partial charge in [0.15, 0.2) is 6.79 Å². The van der Waals surface area contributed by atoms with Gasteiger partial charge >= 0.3 is 5.97 Å². The number of esters is 1. The third-order valence-corrected chi connectivity index (χ3v) is 3.02. The van der Waals surface area contributed by atoms with Crippen molar-refractivity contribution in [3.8, 4) is 11.5 Å². The van der Waals surface area contributed by atoms with Gasteiger partial charge in [0, 0.05) is 25.7 Å². The van der Waals surface area contributed by atoms with Crippen molar-refractivity contribution in [1.29, 1.82) is 0 Å². The Hall–Kier alpha value is -1.27. The second-order valence-electron chi connectivity index (χ2n) is 3.83. The van der Waals surface area contributed by atoms with E-state index in [4.69, 9.17) is 18.9 Å². The summed E-state index contributed by atoms with van der Waals surface area (Å²) in [4.78, 5) is 11.0. The summed E-state index contributed by atoms with van der Waals surface area (Å²) in [5.41, 5.74) is 0.736. The first-order valence-corrected chi connectivity index (χ1v) is 6.45. The molecular weight excluding hydrogens is 316 g/mol. The Bertz CT molecular complexity index is 447. The van der Waals surface area contributed by atoms with Gasteiger partial charge in [0.05, 0.1) is 11.6 Å². The fraction of sp³-hybridized carbons (Fsp3) is 0.462. The molecule has 0 aliphatic carbocycles. The molecule has 0 aliphatic heterocycles. The van der Waals surface area contributed by atoms with Gasteiger partial charge in [-0.05, 0) is 28.9 Å².